The van der Waals surface area contributed by atoms with Crippen LogP contribution in [-0.4, -0.2) is 29.6 Å². The van der Waals surface area contributed by atoms with Crippen LogP contribution in [0.25, 0.3) is 5.69 Å². The molecule has 0 atom stereocenters. The number of aromatic nitrogens is 1. The van der Waals surface area contributed by atoms with E-state index in [4.69, 9.17) is 9.47 Å². The SMILES string of the molecule is CCCOc1ccccc1OCC(=O)NNC(=O)c1ccccc1-n1cccc1. The van der Waals surface area contributed by atoms with Crippen LogP contribution in [0.3, 0.4) is 0 Å². The second-order valence-electron chi connectivity index (χ2n) is 6.19. The number of ether oxygens (including phenoxy) is 2. The first-order valence-corrected chi connectivity index (χ1v) is 9.35. The number of para-hydroxylation sites is 3. The number of benzene rings is 2. The third-order valence-corrected chi connectivity index (χ3v) is 4.02. The molecule has 7 heteroatoms. The van der Waals surface area contributed by atoms with Gasteiger partial charge in [-0.15, -0.1) is 0 Å². The standard InChI is InChI=1S/C22H23N3O4/c1-2-15-28-19-11-5-6-12-20(19)29-16-21(26)23-24-22(27)17-9-3-4-10-18(17)25-13-7-8-14-25/h3-14H,2,15-16H2,1H3,(H,23,26)(H,24,27). The molecule has 0 unspecified atom stereocenters. The van der Waals surface area contributed by atoms with E-state index in [1.807, 2.05) is 54.2 Å². The number of nitrogens with zero attached hydrogens (tertiary/aromatic N) is 1. The van der Waals surface area contributed by atoms with E-state index in [0.717, 1.165) is 6.42 Å². The lowest BCUT2D eigenvalue weighted by atomic mass is 10.1. The van der Waals surface area contributed by atoms with Crippen LogP contribution in [0.15, 0.2) is 73.1 Å². The predicted molar refractivity (Wildman–Crippen MR) is 109 cm³/mol. The molecule has 3 aromatic rings. The molecule has 1 heterocycles. The maximum absolute atomic E-state index is 12.5. The van der Waals surface area contributed by atoms with Crippen molar-refractivity contribution in [3.63, 3.8) is 0 Å². The number of carbonyl (C=O) groups is 2. The Balaban J connectivity index is 1.55. The Morgan fingerprint density at radius 3 is 2.24 bits per heavy atom. The first-order chi connectivity index (χ1) is 14.2. The minimum atomic E-state index is -0.484. The van der Waals surface area contributed by atoms with Crippen molar-refractivity contribution in [3.8, 4) is 17.2 Å². The van der Waals surface area contributed by atoms with Gasteiger partial charge in [0.1, 0.15) is 0 Å². The summed E-state index contributed by atoms with van der Waals surface area (Å²) in [5.74, 6) is 0.142. The molecule has 2 N–H and O–H groups in total. The summed E-state index contributed by atoms with van der Waals surface area (Å²) >= 11 is 0. The van der Waals surface area contributed by atoms with Gasteiger partial charge in [-0.3, -0.25) is 20.4 Å². The summed E-state index contributed by atoms with van der Waals surface area (Å²) in [7, 11) is 0. The summed E-state index contributed by atoms with van der Waals surface area (Å²) in [4.78, 5) is 24.6. The Labute approximate surface area is 169 Å². The van der Waals surface area contributed by atoms with Crippen LogP contribution in [-0.2, 0) is 4.79 Å². The summed E-state index contributed by atoms with van der Waals surface area (Å²) in [5, 5.41) is 0. The number of carbonyl (C=O) groups excluding carboxylic acids is 2. The fourth-order valence-electron chi connectivity index (χ4n) is 2.66. The molecular weight excluding hydrogens is 370 g/mol. The monoisotopic (exact) mass is 393 g/mol. The summed E-state index contributed by atoms with van der Waals surface area (Å²) in [6.45, 7) is 2.31. The van der Waals surface area contributed by atoms with Crippen LogP contribution in [0.2, 0.25) is 0 Å². The topological polar surface area (TPSA) is 81.6 Å². The van der Waals surface area contributed by atoms with Gasteiger partial charge in [0, 0.05) is 12.4 Å². The van der Waals surface area contributed by atoms with Gasteiger partial charge in [-0.2, -0.15) is 0 Å². The average molecular weight is 393 g/mol. The third-order valence-electron chi connectivity index (χ3n) is 4.02. The van der Waals surface area contributed by atoms with Crippen LogP contribution in [0.5, 0.6) is 11.5 Å². The normalized spacial score (nSPS) is 10.2. The number of hydrogen-bond acceptors (Lipinski definition) is 4. The molecule has 1 aromatic heterocycles. The van der Waals surface area contributed by atoms with Crippen LogP contribution >= 0.6 is 0 Å². The summed E-state index contributed by atoms with van der Waals surface area (Å²) in [6, 6.07) is 18.0. The van der Waals surface area contributed by atoms with Crippen LogP contribution < -0.4 is 20.3 Å². The van der Waals surface area contributed by atoms with Crippen molar-refractivity contribution >= 4 is 11.8 Å². The zero-order chi connectivity index (χ0) is 20.5. The summed E-state index contributed by atoms with van der Waals surface area (Å²) in [5.41, 5.74) is 5.94. The Hall–Kier alpha value is -3.74. The molecule has 0 aliphatic carbocycles. The molecule has 0 aliphatic heterocycles. The maximum atomic E-state index is 12.5. The minimum Gasteiger partial charge on any atom is -0.490 e. The van der Waals surface area contributed by atoms with Crippen molar-refractivity contribution in [2.24, 2.45) is 0 Å². The quantitative estimate of drug-likeness (QED) is 0.576. The molecule has 29 heavy (non-hydrogen) atoms. The van der Waals surface area contributed by atoms with E-state index >= 15 is 0 Å². The van der Waals surface area contributed by atoms with Crippen LogP contribution in [0.1, 0.15) is 23.7 Å². The summed E-state index contributed by atoms with van der Waals surface area (Å²) < 4.78 is 12.9. The average Bonchev–Trinajstić information content (AvgIpc) is 3.30. The lowest BCUT2D eigenvalue weighted by molar-refractivity contribution is -0.123. The summed E-state index contributed by atoms with van der Waals surface area (Å²) in [6.07, 6.45) is 4.55. The number of amides is 2. The van der Waals surface area contributed by atoms with Gasteiger partial charge in [-0.1, -0.05) is 31.2 Å². The van der Waals surface area contributed by atoms with E-state index in [2.05, 4.69) is 10.9 Å². The van der Waals surface area contributed by atoms with E-state index in [9.17, 15) is 9.59 Å². The first-order valence-electron chi connectivity index (χ1n) is 9.35. The van der Waals surface area contributed by atoms with Gasteiger partial charge in [-0.25, -0.2) is 0 Å². The lowest BCUT2D eigenvalue weighted by Gasteiger charge is -2.13. The number of hydrazine groups is 1. The van der Waals surface area contributed by atoms with E-state index in [1.54, 1.807) is 30.3 Å². The predicted octanol–water partition coefficient (Wildman–Crippen LogP) is 3.11. The fourth-order valence-corrected chi connectivity index (χ4v) is 2.66. The molecule has 0 saturated heterocycles. The highest BCUT2D eigenvalue weighted by Gasteiger charge is 2.13. The van der Waals surface area contributed by atoms with E-state index in [1.165, 1.54) is 0 Å². The zero-order valence-corrected chi connectivity index (χ0v) is 16.1. The molecule has 0 fully saturated rings. The lowest BCUT2D eigenvalue weighted by Crippen LogP contribution is -2.44. The van der Waals surface area contributed by atoms with Gasteiger partial charge >= 0.3 is 0 Å². The molecule has 0 saturated carbocycles. The molecule has 0 aliphatic rings. The molecule has 2 amide bonds. The maximum Gasteiger partial charge on any atom is 0.276 e. The van der Waals surface area contributed by atoms with E-state index in [-0.39, 0.29) is 6.61 Å². The molecule has 7 nitrogen and oxygen atoms in total. The first kappa shape index (κ1) is 20.0. The third kappa shape index (κ3) is 5.38. The van der Waals surface area contributed by atoms with Crippen LogP contribution in [0.4, 0.5) is 0 Å². The van der Waals surface area contributed by atoms with E-state index in [0.29, 0.717) is 29.4 Å². The second-order valence-corrected chi connectivity index (χ2v) is 6.19. The van der Waals surface area contributed by atoms with Gasteiger partial charge in [-0.05, 0) is 42.8 Å². The van der Waals surface area contributed by atoms with Crippen molar-refractivity contribution in [2.75, 3.05) is 13.2 Å². The number of nitrogens with one attached hydrogen (secondary N) is 2. The molecule has 3 rings (SSSR count). The number of rotatable bonds is 8. The highest BCUT2D eigenvalue weighted by atomic mass is 16.5. The van der Waals surface area contributed by atoms with Gasteiger partial charge < -0.3 is 14.0 Å². The Bertz CT molecular complexity index is 954. The minimum absolute atomic E-state index is 0.258. The fraction of sp³-hybridized carbons (Fsp3) is 0.182. The van der Waals surface area contributed by atoms with Crippen molar-refractivity contribution in [1.29, 1.82) is 0 Å². The van der Waals surface area contributed by atoms with Gasteiger partial charge in [0.25, 0.3) is 11.8 Å². The van der Waals surface area contributed by atoms with Gasteiger partial charge in [0.15, 0.2) is 18.1 Å². The highest BCUT2D eigenvalue weighted by molar-refractivity contribution is 5.98. The van der Waals surface area contributed by atoms with Crippen LogP contribution in [0, 0.1) is 0 Å². The number of hydrogen-bond donors (Lipinski definition) is 2. The highest BCUT2D eigenvalue weighted by Crippen LogP contribution is 2.26. The molecule has 0 bridgehead atoms. The molecule has 150 valence electrons. The van der Waals surface area contributed by atoms with Gasteiger partial charge in [0.2, 0.25) is 0 Å². The largest absolute Gasteiger partial charge is 0.490 e. The van der Waals surface area contributed by atoms with Crippen molar-refractivity contribution in [3.05, 3.63) is 78.6 Å². The second kappa shape index (κ2) is 9.98. The Kier molecular flexibility index (Phi) is 6.89. The van der Waals surface area contributed by atoms with Crippen molar-refractivity contribution < 1.29 is 19.1 Å². The van der Waals surface area contributed by atoms with Gasteiger partial charge in [0.05, 0.1) is 17.9 Å². The zero-order valence-electron chi connectivity index (χ0n) is 16.1. The Morgan fingerprint density at radius 2 is 1.52 bits per heavy atom. The smallest absolute Gasteiger partial charge is 0.276 e. The van der Waals surface area contributed by atoms with Crippen molar-refractivity contribution in [1.82, 2.24) is 15.4 Å². The Morgan fingerprint density at radius 1 is 0.862 bits per heavy atom. The molecular formula is C22H23N3O4. The molecule has 0 radical (unpaired) electrons. The molecule has 0 spiro atoms. The molecule has 2 aromatic carbocycles. The van der Waals surface area contributed by atoms with E-state index < -0.39 is 11.8 Å². The van der Waals surface area contributed by atoms with Crippen molar-refractivity contribution in [2.45, 2.75) is 13.3 Å².